The molecule has 0 bridgehead atoms. The van der Waals surface area contributed by atoms with Gasteiger partial charge < -0.3 is 4.57 Å². The zero-order chi connectivity index (χ0) is 14.0. The Balaban J connectivity index is 2.46. The molecule has 1 aromatic carbocycles. The van der Waals surface area contributed by atoms with Crippen LogP contribution >= 0.6 is 11.6 Å². The standard InChI is InChI=1S/C14H10ClFN2O/c1-9-2-4-11(7-17)14(19)18(9)8-10-3-5-12(15)13(16)6-10/h2-6H,8H2,1H3. The lowest BCUT2D eigenvalue weighted by Gasteiger charge is -2.10. The number of nitrogens with zero attached hydrogens (tertiary/aromatic N) is 2. The molecule has 3 nitrogen and oxygen atoms in total. The van der Waals surface area contributed by atoms with Crippen LogP contribution in [-0.2, 0) is 6.54 Å². The van der Waals surface area contributed by atoms with Gasteiger partial charge in [0.05, 0.1) is 11.6 Å². The number of aromatic nitrogens is 1. The van der Waals surface area contributed by atoms with Crippen molar-refractivity contribution in [3.8, 4) is 6.07 Å². The third-order valence-corrected chi connectivity index (χ3v) is 3.14. The summed E-state index contributed by atoms with van der Waals surface area (Å²) < 4.78 is 14.8. The summed E-state index contributed by atoms with van der Waals surface area (Å²) in [6.07, 6.45) is 0. The smallest absolute Gasteiger partial charge is 0.268 e. The van der Waals surface area contributed by atoms with E-state index in [4.69, 9.17) is 16.9 Å². The van der Waals surface area contributed by atoms with Crippen LogP contribution in [0, 0.1) is 24.1 Å². The van der Waals surface area contributed by atoms with Crippen molar-refractivity contribution in [1.82, 2.24) is 4.57 Å². The van der Waals surface area contributed by atoms with Crippen LogP contribution in [0.1, 0.15) is 16.8 Å². The first-order valence-corrected chi connectivity index (χ1v) is 5.95. The van der Waals surface area contributed by atoms with E-state index in [0.717, 1.165) is 0 Å². The zero-order valence-corrected chi connectivity index (χ0v) is 10.9. The Bertz CT molecular complexity index is 731. The topological polar surface area (TPSA) is 45.8 Å². The summed E-state index contributed by atoms with van der Waals surface area (Å²) in [4.78, 5) is 12.0. The predicted octanol–water partition coefficient (Wildman–Crippen LogP) is 2.87. The highest BCUT2D eigenvalue weighted by Crippen LogP contribution is 2.16. The molecule has 0 atom stereocenters. The summed E-state index contributed by atoms with van der Waals surface area (Å²) in [5.41, 5.74) is 1.01. The van der Waals surface area contributed by atoms with Crippen LogP contribution in [0.25, 0.3) is 0 Å². The molecule has 0 aliphatic heterocycles. The number of rotatable bonds is 2. The number of benzene rings is 1. The summed E-state index contributed by atoms with van der Waals surface area (Å²) in [6.45, 7) is 1.96. The second kappa shape index (κ2) is 5.25. The lowest BCUT2D eigenvalue weighted by molar-refractivity contribution is 0.622. The van der Waals surface area contributed by atoms with Crippen LogP contribution in [0.15, 0.2) is 35.1 Å². The fourth-order valence-corrected chi connectivity index (χ4v) is 1.89. The Hall–Kier alpha value is -2.12. The molecule has 0 aliphatic rings. The molecule has 0 radical (unpaired) electrons. The maximum Gasteiger partial charge on any atom is 0.268 e. The van der Waals surface area contributed by atoms with E-state index in [1.807, 2.05) is 6.07 Å². The van der Waals surface area contributed by atoms with Gasteiger partial charge >= 0.3 is 0 Å². The highest BCUT2D eigenvalue weighted by atomic mass is 35.5. The number of pyridine rings is 1. The quantitative estimate of drug-likeness (QED) is 0.847. The SMILES string of the molecule is Cc1ccc(C#N)c(=O)n1Cc1ccc(Cl)c(F)c1. The number of halogens is 2. The first kappa shape index (κ1) is 13.3. The van der Waals surface area contributed by atoms with E-state index >= 15 is 0 Å². The second-order valence-electron chi connectivity index (χ2n) is 4.14. The monoisotopic (exact) mass is 276 g/mol. The van der Waals surface area contributed by atoms with Gasteiger partial charge in [-0.25, -0.2) is 4.39 Å². The predicted molar refractivity (Wildman–Crippen MR) is 70.7 cm³/mol. The van der Waals surface area contributed by atoms with Crippen LogP contribution in [0.3, 0.4) is 0 Å². The van der Waals surface area contributed by atoms with Gasteiger partial charge in [0.25, 0.3) is 5.56 Å². The lowest BCUT2D eigenvalue weighted by Crippen LogP contribution is -2.24. The van der Waals surface area contributed by atoms with Crippen molar-refractivity contribution >= 4 is 11.6 Å². The lowest BCUT2D eigenvalue weighted by atomic mass is 10.2. The molecule has 19 heavy (non-hydrogen) atoms. The molecule has 0 aliphatic carbocycles. The molecule has 0 spiro atoms. The maximum absolute atomic E-state index is 13.4. The molecule has 0 saturated heterocycles. The van der Waals surface area contributed by atoms with Crippen LogP contribution in [0.2, 0.25) is 5.02 Å². The van der Waals surface area contributed by atoms with E-state index in [1.165, 1.54) is 22.8 Å². The molecule has 0 saturated carbocycles. The third kappa shape index (κ3) is 2.67. The molecule has 2 rings (SSSR count). The van der Waals surface area contributed by atoms with Crippen molar-refractivity contribution in [2.24, 2.45) is 0 Å². The minimum atomic E-state index is -0.527. The van der Waals surface area contributed by atoms with Gasteiger partial charge in [-0.05, 0) is 36.8 Å². The zero-order valence-electron chi connectivity index (χ0n) is 10.2. The first-order valence-electron chi connectivity index (χ1n) is 5.57. The van der Waals surface area contributed by atoms with Crippen molar-refractivity contribution in [2.45, 2.75) is 13.5 Å². The Labute approximate surface area is 114 Å². The summed E-state index contributed by atoms with van der Waals surface area (Å²) >= 11 is 5.61. The van der Waals surface area contributed by atoms with Crippen LogP contribution < -0.4 is 5.56 Å². The molecular formula is C14H10ClFN2O. The maximum atomic E-state index is 13.4. The van der Waals surface area contributed by atoms with Gasteiger partial charge in [0.2, 0.25) is 0 Å². The Kier molecular flexibility index (Phi) is 3.68. The van der Waals surface area contributed by atoms with Crippen molar-refractivity contribution < 1.29 is 4.39 Å². The average Bonchev–Trinajstić information content (AvgIpc) is 2.39. The summed E-state index contributed by atoms with van der Waals surface area (Å²) in [6, 6.07) is 9.39. The first-order chi connectivity index (χ1) is 9.02. The molecule has 96 valence electrons. The molecular weight excluding hydrogens is 267 g/mol. The molecule has 5 heteroatoms. The number of aryl methyl sites for hydroxylation is 1. The molecule has 0 fully saturated rings. The van der Waals surface area contributed by atoms with E-state index in [0.29, 0.717) is 11.3 Å². The van der Waals surface area contributed by atoms with E-state index < -0.39 is 5.82 Å². The van der Waals surface area contributed by atoms with Gasteiger partial charge in [-0.2, -0.15) is 5.26 Å². The van der Waals surface area contributed by atoms with Crippen molar-refractivity contribution in [3.05, 3.63) is 68.3 Å². The number of nitriles is 1. The van der Waals surface area contributed by atoms with Crippen LogP contribution in [0.5, 0.6) is 0 Å². The van der Waals surface area contributed by atoms with Gasteiger partial charge in [0.1, 0.15) is 17.4 Å². The molecule has 0 amide bonds. The largest absolute Gasteiger partial charge is 0.307 e. The second-order valence-corrected chi connectivity index (χ2v) is 4.55. The summed E-state index contributed by atoms with van der Waals surface area (Å²) in [5, 5.41) is 8.88. The van der Waals surface area contributed by atoms with Gasteiger partial charge in [-0.1, -0.05) is 17.7 Å². The van der Waals surface area contributed by atoms with Gasteiger partial charge in [-0.15, -0.1) is 0 Å². The van der Waals surface area contributed by atoms with E-state index in [-0.39, 0.29) is 22.7 Å². The van der Waals surface area contributed by atoms with Crippen molar-refractivity contribution in [3.63, 3.8) is 0 Å². The molecule has 0 unspecified atom stereocenters. The minimum Gasteiger partial charge on any atom is -0.307 e. The van der Waals surface area contributed by atoms with Gasteiger partial charge in [0.15, 0.2) is 0 Å². The number of hydrogen-bond acceptors (Lipinski definition) is 2. The van der Waals surface area contributed by atoms with Crippen LogP contribution in [0.4, 0.5) is 4.39 Å². The summed E-state index contributed by atoms with van der Waals surface area (Å²) in [7, 11) is 0. The minimum absolute atomic E-state index is 0.0404. The van der Waals surface area contributed by atoms with Gasteiger partial charge in [0, 0.05) is 5.69 Å². The summed E-state index contributed by atoms with van der Waals surface area (Å²) in [5.74, 6) is -0.527. The third-order valence-electron chi connectivity index (χ3n) is 2.84. The average molecular weight is 277 g/mol. The molecule has 1 heterocycles. The highest BCUT2D eigenvalue weighted by molar-refractivity contribution is 6.30. The normalized spacial score (nSPS) is 10.2. The Morgan fingerprint density at radius 3 is 2.74 bits per heavy atom. The van der Waals surface area contributed by atoms with Crippen molar-refractivity contribution in [2.75, 3.05) is 0 Å². The fraction of sp³-hybridized carbons (Fsp3) is 0.143. The Morgan fingerprint density at radius 1 is 1.37 bits per heavy atom. The van der Waals surface area contributed by atoms with Crippen LogP contribution in [-0.4, -0.2) is 4.57 Å². The van der Waals surface area contributed by atoms with Crippen molar-refractivity contribution in [1.29, 1.82) is 5.26 Å². The van der Waals surface area contributed by atoms with Gasteiger partial charge in [-0.3, -0.25) is 4.79 Å². The number of hydrogen-bond donors (Lipinski definition) is 0. The molecule has 2 aromatic rings. The fourth-order valence-electron chi connectivity index (χ4n) is 1.77. The molecule has 0 N–H and O–H groups in total. The van der Waals surface area contributed by atoms with E-state index in [2.05, 4.69) is 0 Å². The van der Waals surface area contributed by atoms with E-state index in [9.17, 15) is 9.18 Å². The van der Waals surface area contributed by atoms with E-state index in [1.54, 1.807) is 19.1 Å². The highest BCUT2D eigenvalue weighted by Gasteiger charge is 2.08. The Morgan fingerprint density at radius 2 is 2.11 bits per heavy atom. The molecule has 1 aromatic heterocycles.